The molecule has 0 aromatic heterocycles. The van der Waals surface area contributed by atoms with E-state index >= 15 is 4.39 Å². The van der Waals surface area contributed by atoms with E-state index in [4.69, 9.17) is 4.74 Å². The molecule has 6 nitrogen and oxygen atoms in total. The second-order valence-electron chi connectivity index (χ2n) is 9.99. The lowest BCUT2D eigenvalue weighted by Crippen LogP contribution is -2.63. The minimum Gasteiger partial charge on any atom is -0.462 e. The van der Waals surface area contributed by atoms with Crippen LogP contribution in [0.2, 0.25) is 0 Å². The van der Waals surface area contributed by atoms with Gasteiger partial charge in [-0.2, -0.15) is 0 Å². The quantitative estimate of drug-likeness (QED) is 0.387. The Morgan fingerprint density at radius 3 is 2.61 bits per heavy atom. The van der Waals surface area contributed by atoms with Crippen LogP contribution in [0, 0.1) is 38.7 Å². The van der Waals surface area contributed by atoms with Gasteiger partial charge in [-0.05, 0) is 75.5 Å². The monoisotopic (exact) mass is 394 g/mol. The number of ether oxygens (including phenoxy) is 1. The lowest BCUT2D eigenvalue weighted by atomic mass is 9.44. The molecule has 0 aromatic rings. The van der Waals surface area contributed by atoms with Crippen molar-refractivity contribution in [2.75, 3.05) is 0 Å². The lowest BCUT2D eigenvalue weighted by Gasteiger charge is -2.61. The number of carbonyl (C=O) groups is 1. The van der Waals surface area contributed by atoms with Gasteiger partial charge < -0.3 is 4.74 Å². The number of esters is 1. The molecule has 4 fully saturated rings. The van der Waals surface area contributed by atoms with Gasteiger partial charge in [-0.1, -0.05) is 13.8 Å². The van der Waals surface area contributed by atoms with Gasteiger partial charge in [0.2, 0.25) is 0 Å². The summed E-state index contributed by atoms with van der Waals surface area (Å²) in [5.74, 6) is 0.802. The maximum atomic E-state index is 16.4. The highest BCUT2D eigenvalue weighted by Gasteiger charge is 2.67. The van der Waals surface area contributed by atoms with E-state index in [0.29, 0.717) is 24.7 Å². The largest absolute Gasteiger partial charge is 0.462 e. The van der Waals surface area contributed by atoms with Crippen molar-refractivity contribution in [2.24, 2.45) is 33.7 Å². The first-order chi connectivity index (χ1) is 13.1. The molecule has 0 aromatic carbocycles. The van der Waals surface area contributed by atoms with Gasteiger partial charge in [0.1, 0.15) is 11.8 Å². The summed E-state index contributed by atoms with van der Waals surface area (Å²) in [6.45, 7) is 5.73. The zero-order valence-corrected chi connectivity index (χ0v) is 17.1. The molecule has 0 N–H and O–H groups in total. The average Bonchev–Trinajstić information content (AvgIpc) is 2.92. The van der Waals surface area contributed by atoms with Crippen LogP contribution in [-0.4, -0.2) is 28.5 Å². The molecular weight excluding hydrogens is 363 g/mol. The van der Waals surface area contributed by atoms with E-state index in [-0.39, 0.29) is 29.1 Å². The van der Waals surface area contributed by atoms with E-state index in [1.54, 1.807) is 0 Å². The average molecular weight is 394 g/mol. The summed E-state index contributed by atoms with van der Waals surface area (Å²) >= 11 is 0. The van der Waals surface area contributed by atoms with Gasteiger partial charge in [0.15, 0.2) is 10.7 Å². The SMILES string of the molecule is CC(=O)O[C@H]1CC[C@H]2[C@@H]3CC[C@@]4(F)/C(=N/[N+](=O)[O-])CCC[C@]4(C)[C@H]3CC[C@]12C. The molecule has 28 heavy (non-hydrogen) atoms. The third-order valence-corrected chi connectivity index (χ3v) is 8.97. The highest BCUT2D eigenvalue weighted by atomic mass is 19.1. The number of hydrogen-bond donors (Lipinski definition) is 0. The first-order valence-corrected chi connectivity index (χ1v) is 10.7. The van der Waals surface area contributed by atoms with Crippen molar-refractivity contribution in [3.8, 4) is 0 Å². The van der Waals surface area contributed by atoms with Gasteiger partial charge in [0, 0.05) is 17.8 Å². The van der Waals surface area contributed by atoms with Crippen LogP contribution in [-0.2, 0) is 9.53 Å². The van der Waals surface area contributed by atoms with Crippen molar-refractivity contribution in [3.05, 3.63) is 10.1 Å². The van der Waals surface area contributed by atoms with Crippen LogP contribution in [0.5, 0.6) is 0 Å². The second kappa shape index (κ2) is 6.49. The van der Waals surface area contributed by atoms with Crippen molar-refractivity contribution in [1.82, 2.24) is 0 Å². The van der Waals surface area contributed by atoms with Crippen molar-refractivity contribution in [1.29, 1.82) is 0 Å². The molecule has 156 valence electrons. The minimum absolute atomic E-state index is 0.0358. The Morgan fingerprint density at radius 1 is 1.18 bits per heavy atom. The third-order valence-electron chi connectivity index (χ3n) is 8.97. The van der Waals surface area contributed by atoms with Crippen molar-refractivity contribution >= 4 is 11.7 Å². The highest BCUT2D eigenvalue weighted by Crippen LogP contribution is 2.68. The number of halogens is 1. The van der Waals surface area contributed by atoms with Crippen LogP contribution in [0.1, 0.15) is 78.6 Å². The number of hydrogen-bond acceptors (Lipinski definition) is 4. The van der Waals surface area contributed by atoms with E-state index in [1.807, 2.05) is 6.92 Å². The molecule has 0 aliphatic heterocycles. The standard InChI is InChI=1S/C21H31FN2O4/c1-13(25)28-18-7-6-15-14-8-12-21(22)17(23-24(26)27)5-4-10-20(21,3)16(14)9-11-19(15,18)2/h14-16,18H,4-12H2,1-3H3/b23-17+/t14-,15-,16-,18-,19-,20+,21+/m0/s1. The molecule has 0 unspecified atom stereocenters. The topological polar surface area (TPSA) is 81.8 Å². The van der Waals surface area contributed by atoms with Crippen LogP contribution in [0.25, 0.3) is 0 Å². The molecule has 0 amide bonds. The van der Waals surface area contributed by atoms with Crippen LogP contribution >= 0.6 is 0 Å². The summed E-state index contributed by atoms with van der Waals surface area (Å²) in [5, 5.41) is 13.8. The molecule has 0 heterocycles. The summed E-state index contributed by atoms with van der Waals surface area (Å²) in [6.07, 6.45) is 6.64. The fourth-order valence-electron chi connectivity index (χ4n) is 7.68. The Kier molecular flexibility index (Phi) is 4.58. The molecule has 4 aliphatic rings. The van der Waals surface area contributed by atoms with Crippen LogP contribution in [0.4, 0.5) is 4.39 Å². The van der Waals surface area contributed by atoms with E-state index in [1.165, 1.54) is 6.92 Å². The van der Waals surface area contributed by atoms with Crippen LogP contribution in [0.15, 0.2) is 5.10 Å². The third kappa shape index (κ3) is 2.64. The molecule has 0 radical (unpaired) electrons. The van der Waals surface area contributed by atoms with Crippen molar-refractivity contribution in [2.45, 2.75) is 90.3 Å². The molecule has 0 spiro atoms. The van der Waals surface area contributed by atoms with E-state index in [0.717, 1.165) is 44.9 Å². The Bertz CT molecular complexity index is 727. The molecular formula is C21H31FN2O4. The van der Waals surface area contributed by atoms with Gasteiger partial charge in [-0.15, -0.1) is 0 Å². The Morgan fingerprint density at radius 2 is 1.93 bits per heavy atom. The molecule has 0 saturated heterocycles. The number of nitro groups is 1. The normalized spacial score (nSPS) is 49.1. The van der Waals surface area contributed by atoms with Gasteiger partial charge >= 0.3 is 5.97 Å². The predicted octanol–water partition coefficient (Wildman–Crippen LogP) is 4.69. The lowest BCUT2D eigenvalue weighted by molar-refractivity contribution is -0.486. The first-order valence-electron chi connectivity index (χ1n) is 10.7. The fraction of sp³-hybridized carbons (Fsp3) is 0.905. The Balaban J connectivity index is 1.65. The Hall–Kier alpha value is -1.53. The molecule has 4 rings (SSSR count). The number of rotatable bonds is 2. The number of fused-ring (bicyclic) bond motifs is 5. The van der Waals surface area contributed by atoms with E-state index in [9.17, 15) is 14.9 Å². The second-order valence-corrected chi connectivity index (χ2v) is 9.99. The van der Waals surface area contributed by atoms with Gasteiger partial charge in [-0.25, -0.2) is 14.5 Å². The number of carbonyl (C=O) groups excluding carboxylic acids is 1. The minimum atomic E-state index is -1.67. The summed E-state index contributed by atoms with van der Waals surface area (Å²) in [6, 6.07) is 0. The number of hydrazone groups is 1. The van der Waals surface area contributed by atoms with E-state index in [2.05, 4.69) is 12.0 Å². The van der Waals surface area contributed by atoms with Gasteiger partial charge in [-0.3, -0.25) is 4.79 Å². The summed E-state index contributed by atoms with van der Waals surface area (Å²) < 4.78 is 22.0. The Labute approximate surface area is 165 Å². The highest BCUT2D eigenvalue weighted by molar-refractivity contribution is 5.94. The van der Waals surface area contributed by atoms with Crippen LogP contribution in [0.3, 0.4) is 0 Å². The maximum Gasteiger partial charge on any atom is 0.302 e. The van der Waals surface area contributed by atoms with Crippen molar-refractivity contribution in [3.63, 3.8) is 0 Å². The van der Waals surface area contributed by atoms with Crippen LogP contribution < -0.4 is 0 Å². The number of nitrogens with zero attached hydrogens (tertiary/aromatic N) is 2. The molecule has 4 aliphatic carbocycles. The molecule has 7 heteroatoms. The van der Waals surface area contributed by atoms with E-state index < -0.39 is 16.1 Å². The maximum absolute atomic E-state index is 16.4. The number of alkyl halides is 1. The zero-order valence-electron chi connectivity index (χ0n) is 17.1. The van der Waals surface area contributed by atoms with Gasteiger partial charge in [0.25, 0.3) is 0 Å². The summed E-state index contributed by atoms with van der Waals surface area (Å²) in [7, 11) is 0. The summed E-state index contributed by atoms with van der Waals surface area (Å²) in [5.41, 5.74) is -2.14. The first kappa shape index (κ1) is 19.8. The molecule has 0 bridgehead atoms. The summed E-state index contributed by atoms with van der Waals surface area (Å²) in [4.78, 5) is 22.6. The van der Waals surface area contributed by atoms with Gasteiger partial charge in [0.05, 0.1) is 5.10 Å². The van der Waals surface area contributed by atoms with Crippen molar-refractivity contribution < 1.29 is 19.0 Å². The molecule has 7 atom stereocenters. The smallest absolute Gasteiger partial charge is 0.302 e. The zero-order chi connectivity index (χ0) is 20.3. The molecule has 4 saturated carbocycles. The predicted molar refractivity (Wildman–Crippen MR) is 102 cm³/mol. The fourth-order valence-corrected chi connectivity index (χ4v) is 7.68.